The Labute approximate surface area is 180 Å². The highest BCUT2D eigenvalue weighted by Crippen LogP contribution is 2.41. The zero-order valence-electron chi connectivity index (χ0n) is 17.8. The van der Waals surface area contributed by atoms with E-state index in [0.717, 1.165) is 18.5 Å². The topological polar surface area (TPSA) is 102 Å². The largest absolute Gasteiger partial charge is 0.497 e. The van der Waals surface area contributed by atoms with Crippen molar-refractivity contribution in [3.63, 3.8) is 0 Å². The lowest BCUT2D eigenvalue weighted by Gasteiger charge is -2.29. The number of fused-ring (bicyclic) bond motifs is 1. The van der Waals surface area contributed by atoms with Gasteiger partial charge in [-0.25, -0.2) is 4.79 Å². The summed E-state index contributed by atoms with van der Waals surface area (Å²) in [6, 6.07) is 8.93. The van der Waals surface area contributed by atoms with E-state index in [9.17, 15) is 9.59 Å². The quantitative estimate of drug-likeness (QED) is 0.732. The summed E-state index contributed by atoms with van der Waals surface area (Å²) < 4.78 is 23.4. The molecule has 2 N–H and O–H groups in total. The summed E-state index contributed by atoms with van der Waals surface area (Å²) in [5, 5.41) is 0. The number of methoxy groups -OCH3 is 2. The molecule has 8 nitrogen and oxygen atoms in total. The number of nitrogens with zero attached hydrogens (tertiary/aromatic N) is 1. The fraction of sp³-hybridized carbons (Fsp3) is 0.391. The molecule has 0 unspecified atom stereocenters. The second kappa shape index (κ2) is 8.47. The third kappa shape index (κ3) is 3.79. The Morgan fingerprint density at radius 1 is 1.26 bits per heavy atom. The number of aromatic nitrogens is 1. The molecule has 0 bridgehead atoms. The van der Waals surface area contributed by atoms with E-state index in [-0.39, 0.29) is 23.1 Å². The van der Waals surface area contributed by atoms with Gasteiger partial charge in [0.1, 0.15) is 17.1 Å². The third-order valence-corrected chi connectivity index (χ3v) is 5.83. The minimum Gasteiger partial charge on any atom is -0.497 e. The van der Waals surface area contributed by atoms with Crippen molar-refractivity contribution in [2.45, 2.75) is 38.3 Å². The molecule has 2 atom stereocenters. The van der Waals surface area contributed by atoms with Gasteiger partial charge < -0.3 is 29.2 Å². The highest BCUT2D eigenvalue weighted by atomic mass is 16.5. The van der Waals surface area contributed by atoms with Gasteiger partial charge in [-0.3, -0.25) is 4.79 Å². The maximum absolute atomic E-state index is 13.7. The highest BCUT2D eigenvalue weighted by molar-refractivity contribution is 5.92. The molecule has 1 aromatic carbocycles. The van der Waals surface area contributed by atoms with Crippen molar-refractivity contribution in [1.82, 2.24) is 4.57 Å². The Kier molecular flexibility index (Phi) is 5.73. The molecule has 4 rings (SSSR count). The summed E-state index contributed by atoms with van der Waals surface area (Å²) in [4.78, 5) is 26.3. The third-order valence-electron chi connectivity index (χ3n) is 5.83. The first-order chi connectivity index (χ1) is 14.9. The maximum atomic E-state index is 13.7. The van der Waals surface area contributed by atoms with Crippen molar-refractivity contribution >= 4 is 5.97 Å². The van der Waals surface area contributed by atoms with Gasteiger partial charge in [-0.05, 0) is 37.5 Å². The number of hydrogen-bond donors (Lipinski definition) is 1. The number of esters is 1. The van der Waals surface area contributed by atoms with Crippen LogP contribution in [0.5, 0.6) is 11.5 Å². The van der Waals surface area contributed by atoms with Crippen LogP contribution >= 0.6 is 0 Å². The number of hydrogen-bond acceptors (Lipinski definition) is 7. The Bertz CT molecular complexity index is 1080. The molecule has 0 aliphatic carbocycles. The van der Waals surface area contributed by atoms with E-state index in [1.807, 2.05) is 6.92 Å². The zero-order valence-corrected chi connectivity index (χ0v) is 17.8. The minimum atomic E-state index is -0.731. The second-order valence-electron chi connectivity index (χ2n) is 7.69. The number of rotatable bonds is 5. The van der Waals surface area contributed by atoms with E-state index < -0.39 is 11.9 Å². The first-order valence-corrected chi connectivity index (χ1v) is 10.2. The average Bonchev–Trinajstić information content (AvgIpc) is 3.28. The van der Waals surface area contributed by atoms with Crippen LogP contribution in [0, 0.1) is 6.92 Å². The lowest BCUT2D eigenvalue weighted by Crippen LogP contribution is -2.36. The molecule has 2 aliphatic heterocycles. The van der Waals surface area contributed by atoms with E-state index in [1.165, 1.54) is 7.11 Å². The molecule has 1 fully saturated rings. The first kappa shape index (κ1) is 21.0. The smallest absolute Gasteiger partial charge is 0.340 e. The van der Waals surface area contributed by atoms with Crippen molar-refractivity contribution in [2.75, 3.05) is 20.8 Å². The Morgan fingerprint density at radius 2 is 2.00 bits per heavy atom. The van der Waals surface area contributed by atoms with Gasteiger partial charge in [0.25, 0.3) is 5.56 Å². The molecule has 3 heterocycles. The van der Waals surface area contributed by atoms with Crippen LogP contribution in [0.4, 0.5) is 0 Å². The van der Waals surface area contributed by atoms with Gasteiger partial charge in [0.15, 0.2) is 0 Å². The molecule has 2 aliphatic rings. The lowest BCUT2D eigenvalue weighted by molar-refractivity contribution is -0.136. The molecular formula is C23H26N2O6. The van der Waals surface area contributed by atoms with Crippen molar-refractivity contribution in [3.8, 4) is 11.5 Å². The number of aryl methyl sites for hydroxylation is 1. The van der Waals surface area contributed by atoms with Crippen LogP contribution in [0.3, 0.4) is 0 Å². The molecular weight excluding hydrogens is 400 g/mol. The van der Waals surface area contributed by atoms with Gasteiger partial charge in [0, 0.05) is 18.4 Å². The van der Waals surface area contributed by atoms with Crippen molar-refractivity contribution in [3.05, 3.63) is 69.0 Å². The van der Waals surface area contributed by atoms with Crippen molar-refractivity contribution in [2.24, 2.45) is 5.73 Å². The minimum absolute atomic E-state index is 0.0147. The average molecular weight is 426 g/mol. The Morgan fingerprint density at radius 3 is 2.61 bits per heavy atom. The van der Waals surface area contributed by atoms with Gasteiger partial charge in [-0.15, -0.1) is 0 Å². The van der Waals surface area contributed by atoms with Gasteiger partial charge in [-0.1, -0.05) is 12.1 Å². The van der Waals surface area contributed by atoms with Gasteiger partial charge in [0.2, 0.25) is 5.88 Å². The monoisotopic (exact) mass is 426 g/mol. The second-order valence-corrected chi connectivity index (χ2v) is 7.69. The van der Waals surface area contributed by atoms with Crippen LogP contribution < -0.4 is 20.8 Å². The molecule has 164 valence electrons. The fourth-order valence-electron chi connectivity index (χ4n) is 4.24. The summed E-state index contributed by atoms with van der Waals surface area (Å²) in [6.45, 7) is 2.99. The number of pyridine rings is 1. The number of benzene rings is 1. The van der Waals surface area contributed by atoms with Crippen LogP contribution in [-0.4, -0.2) is 37.5 Å². The predicted molar refractivity (Wildman–Crippen MR) is 113 cm³/mol. The normalized spacial score (nSPS) is 20.2. The Hall–Kier alpha value is -3.26. The number of carbonyl (C=O) groups excluding carboxylic acids is 1. The van der Waals surface area contributed by atoms with Crippen molar-refractivity contribution < 1.29 is 23.7 Å². The molecule has 0 spiro atoms. The molecule has 1 saturated heterocycles. The van der Waals surface area contributed by atoms with Crippen LogP contribution in [-0.2, 0) is 20.8 Å². The van der Waals surface area contributed by atoms with Crippen LogP contribution in [0.2, 0.25) is 0 Å². The van der Waals surface area contributed by atoms with E-state index in [2.05, 4.69) is 0 Å². The number of ether oxygens (including phenoxy) is 4. The summed E-state index contributed by atoms with van der Waals surface area (Å²) in [5.41, 5.74) is 7.79. The van der Waals surface area contributed by atoms with Crippen molar-refractivity contribution in [1.29, 1.82) is 0 Å². The van der Waals surface area contributed by atoms with Crippen LogP contribution in [0.1, 0.15) is 35.6 Å². The van der Waals surface area contributed by atoms with Gasteiger partial charge in [-0.2, -0.15) is 0 Å². The summed E-state index contributed by atoms with van der Waals surface area (Å²) in [6.07, 6.45) is 1.87. The summed E-state index contributed by atoms with van der Waals surface area (Å²) in [7, 11) is 2.84. The van der Waals surface area contributed by atoms with Gasteiger partial charge in [0.05, 0.1) is 38.3 Å². The first-order valence-electron chi connectivity index (χ1n) is 10.2. The molecule has 1 aromatic heterocycles. The van der Waals surface area contributed by atoms with E-state index >= 15 is 0 Å². The predicted octanol–water partition coefficient (Wildman–Crippen LogP) is 2.21. The van der Waals surface area contributed by atoms with Crippen LogP contribution in [0.25, 0.3) is 0 Å². The molecule has 31 heavy (non-hydrogen) atoms. The molecule has 2 aromatic rings. The zero-order chi connectivity index (χ0) is 22.1. The highest BCUT2D eigenvalue weighted by Gasteiger charge is 2.38. The van der Waals surface area contributed by atoms with E-state index in [4.69, 9.17) is 24.7 Å². The summed E-state index contributed by atoms with van der Waals surface area (Å²) in [5.74, 6) is -0.444. The molecule has 0 amide bonds. The standard InChI is InChI=1S/C23H26N2O6/c1-13-11-17-19(22(26)25(13)12-16-5-4-10-30-16)18(14-6-8-15(28-2)9-7-14)20(21(24)31-17)23(27)29-3/h6-9,11,16,18H,4-5,10,12,24H2,1-3H3/t16-,18-/m1/s1. The van der Waals surface area contributed by atoms with Gasteiger partial charge >= 0.3 is 5.97 Å². The lowest BCUT2D eigenvalue weighted by atomic mass is 9.83. The molecule has 0 radical (unpaired) electrons. The van der Waals surface area contributed by atoms with Crippen LogP contribution in [0.15, 0.2) is 46.6 Å². The molecule has 8 heteroatoms. The van der Waals surface area contributed by atoms with E-state index in [1.54, 1.807) is 42.0 Å². The number of carbonyl (C=O) groups is 1. The fourth-order valence-corrected chi connectivity index (χ4v) is 4.24. The SMILES string of the molecule is COC(=O)C1=C(N)Oc2cc(C)n(C[C@H]3CCCO3)c(=O)c2[C@H]1c1ccc(OC)cc1. The molecule has 0 saturated carbocycles. The summed E-state index contributed by atoms with van der Waals surface area (Å²) >= 11 is 0. The number of nitrogens with two attached hydrogens (primary N) is 1. The Balaban J connectivity index is 1.89. The maximum Gasteiger partial charge on any atom is 0.340 e. The van der Waals surface area contributed by atoms with E-state index in [0.29, 0.717) is 35.8 Å².